The maximum absolute atomic E-state index is 10.8. The molecule has 122 valence electrons. The van der Waals surface area contributed by atoms with Crippen molar-refractivity contribution in [1.29, 1.82) is 0 Å². The van der Waals surface area contributed by atoms with Crippen molar-refractivity contribution >= 4 is 28.4 Å². The number of carboxylic acid groups (broad SMARTS) is 1. The lowest BCUT2D eigenvalue weighted by atomic mass is 10.2. The third-order valence-electron chi connectivity index (χ3n) is 2.90. The number of nitrogens with two attached hydrogens (primary N) is 1. The monoisotopic (exact) mass is 336 g/mol. The molecule has 0 aliphatic carbocycles. The number of methoxy groups -OCH3 is 2. The number of thiazole rings is 1. The fourth-order valence-electron chi connectivity index (χ4n) is 1.83. The van der Waals surface area contributed by atoms with Crippen LogP contribution in [0.4, 0.5) is 5.13 Å². The minimum Gasteiger partial charge on any atom is -0.496 e. The third kappa shape index (κ3) is 4.10. The highest BCUT2D eigenvalue weighted by atomic mass is 32.1. The summed E-state index contributed by atoms with van der Waals surface area (Å²) in [6, 6.07) is 5.42. The zero-order valence-corrected chi connectivity index (χ0v) is 13.4. The second-order valence-electron chi connectivity index (χ2n) is 4.31. The molecule has 0 amide bonds. The fourth-order valence-corrected chi connectivity index (χ4v) is 2.52. The van der Waals surface area contributed by atoms with Crippen LogP contribution in [0.1, 0.15) is 16.1 Å². The van der Waals surface area contributed by atoms with Crippen molar-refractivity contribution in [2.75, 3.05) is 19.5 Å². The number of carbonyl (C=O) groups is 1. The number of nitrogens with zero attached hydrogens (tertiary/aromatic N) is 2. The van der Waals surface area contributed by atoms with Gasteiger partial charge in [0.25, 0.3) is 0 Å². The number of nitrogens with one attached hydrogen (secondary N) is 1. The summed E-state index contributed by atoms with van der Waals surface area (Å²) >= 11 is 1.13. The molecule has 8 nitrogen and oxygen atoms in total. The number of guanidine groups is 1. The van der Waals surface area contributed by atoms with Gasteiger partial charge in [-0.2, -0.15) is 0 Å². The van der Waals surface area contributed by atoms with Crippen molar-refractivity contribution in [2.24, 2.45) is 10.7 Å². The highest BCUT2D eigenvalue weighted by Crippen LogP contribution is 2.28. The van der Waals surface area contributed by atoms with Crippen LogP contribution in [-0.2, 0) is 6.54 Å². The first-order valence-corrected chi connectivity index (χ1v) is 7.38. The number of aromatic carboxylic acids is 1. The number of ether oxygens (including phenoxy) is 2. The molecule has 0 fully saturated rings. The van der Waals surface area contributed by atoms with Gasteiger partial charge in [0.2, 0.25) is 0 Å². The van der Waals surface area contributed by atoms with Gasteiger partial charge < -0.3 is 25.6 Å². The van der Waals surface area contributed by atoms with E-state index in [1.807, 2.05) is 6.07 Å². The molecule has 4 N–H and O–H groups in total. The quantitative estimate of drug-likeness (QED) is 0.543. The molecule has 0 saturated heterocycles. The molecule has 0 bridgehead atoms. The average Bonchev–Trinajstić information content (AvgIpc) is 3.01. The molecule has 0 atom stereocenters. The van der Waals surface area contributed by atoms with Crippen LogP contribution in [0.3, 0.4) is 0 Å². The summed E-state index contributed by atoms with van der Waals surface area (Å²) in [5.41, 5.74) is 6.51. The van der Waals surface area contributed by atoms with Gasteiger partial charge >= 0.3 is 5.97 Å². The van der Waals surface area contributed by atoms with E-state index in [0.29, 0.717) is 16.6 Å². The third-order valence-corrected chi connectivity index (χ3v) is 3.65. The highest BCUT2D eigenvalue weighted by molar-refractivity contribution is 7.14. The Hall–Kier alpha value is -2.81. The number of carboxylic acids is 1. The summed E-state index contributed by atoms with van der Waals surface area (Å²) in [4.78, 5) is 18.9. The summed E-state index contributed by atoms with van der Waals surface area (Å²) in [6.45, 7) is 0.239. The molecule has 0 aliphatic heterocycles. The Morgan fingerprint density at radius 3 is 2.57 bits per heavy atom. The lowest BCUT2D eigenvalue weighted by Gasteiger charge is -2.11. The van der Waals surface area contributed by atoms with E-state index < -0.39 is 5.97 Å². The molecule has 1 aromatic heterocycles. The maximum atomic E-state index is 10.8. The molecule has 1 aromatic carbocycles. The van der Waals surface area contributed by atoms with E-state index in [0.717, 1.165) is 16.9 Å². The van der Waals surface area contributed by atoms with Gasteiger partial charge in [0.05, 0.1) is 26.3 Å². The molecule has 9 heteroatoms. The predicted molar refractivity (Wildman–Crippen MR) is 87.6 cm³/mol. The van der Waals surface area contributed by atoms with Crippen LogP contribution in [-0.4, -0.2) is 36.2 Å². The minimum absolute atomic E-state index is 0.0447. The van der Waals surface area contributed by atoms with Crippen LogP contribution in [0.5, 0.6) is 11.5 Å². The molecule has 0 spiro atoms. The molecular weight excluding hydrogens is 320 g/mol. The van der Waals surface area contributed by atoms with Gasteiger partial charge in [0.1, 0.15) is 11.5 Å². The van der Waals surface area contributed by atoms with Crippen LogP contribution in [0.25, 0.3) is 0 Å². The lowest BCUT2D eigenvalue weighted by Crippen LogP contribution is -2.22. The number of hydrogen-bond acceptors (Lipinski definition) is 6. The molecule has 2 rings (SSSR count). The Bertz CT molecular complexity index is 707. The first-order chi connectivity index (χ1) is 11.0. The largest absolute Gasteiger partial charge is 0.496 e. The molecule has 0 saturated carbocycles. The van der Waals surface area contributed by atoms with Crippen molar-refractivity contribution in [2.45, 2.75) is 6.54 Å². The van der Waals surface area contributed by atoms with Gasteiger partial charge in [-0.15, -0.1) is 11.3 Å². The zero-order chi connectivity index (χ0) is 16.8. The number of aliphatic imine (C=N–C) groups is 1. The van der Waals surface area contributed by atoms with Gasteiger partial charge in [0.15, 0.2) is 16.8 Å². The molecule has 0 aliphatic rings. The Labute approximate surface area is 136 Å². The van der Waals surface area contributed by atoms with E-state index in [2.05, 4.69) is 15.3 Å². The lowest BCUT2D eigenvalue weighted by molar-refractivity contribution is 0.0691. The average molecular weight is 336 g/mol. The van der Waals surface area contributed by atoms with Crippen LogP contribution >= 0.6 is 11.3 Å². The second kappa shape index (κ2) is 7.45. The number of anilines is 1. The Kier molecular flexibility index (Phi) is 5.36. The van der Waals surface area contributed by atoms with Crippen molar-refractivity contribution in [3.63, 3.8) is 0 Å². The molecule has 0 radical (unpaired) electrons. The van der Waals surface area contributed by atoms with E-state index in [-0.39, 0.29) is 18.2 Å². The van der Waals surface area contributed by atoms with Crippen molar-refractivity contribution in [1.82, 2.24) is 4.98 Å². The van der Waals surface area contributed by atoms with Crippen molar-refractivity contribution in [3.05, 3.63) is 34.8 Å². The maximum Gasteiger partial charge on any atom is 0.355 e. The van der Waals surface area contributed by atoms with Gasteiger partial charge in [0, 0.05) is 5.38 Å². The Balaban J connectivity index is 2.11. The van der Waals surface area contributed by atoms with Crippen LogP contribution < -0.4 is 20.5 Å². The molecule has 2 aromatic rings. The highest BCUT2D eigenvalue weighted by Gasteiger charge is 2.11. The van der Waals surface area contributed by atoms with Crippen LogP contribution in [0, 0.1) is 0 Å². The van der Waals surface area contributed by atoms with E-state index in [4.69, 9.17) is 20.3 Å². The van der Waals surface area contributed by atoms with Crippen molar-refractivity contribution < 1.29 is 19.4 Å². The van der Waals surface area contributed by atoms with E-state index >= 15 is 0 Å². The summed E-state index contributed by atoms with van der Waals surface area (Å²) < 4.78 is 10.6. The normalized spacial score (nSPS) is 11.1. The molecule has 1 heterocycles. The molecule has 23 heavy (non-hydrogen) atoms. The summed E-state index contributed by atoms with van der Waals surface area (Å²) in [7, 11) is 3.12. The first-order valence-electron chi connectivity index (χ1n) is 6.50. The first kappa shape index (κ1) is 16.6. The summed E-state index contributed by atoms with van der Waals surface area (Å²) in [5.74, 6) is 0.305. The van der Waals surface area contributed by atoms with E-state index in [9.17, 15) is 4.79 Å². The number of benzene rings is 1. The van der Waals surface area contributed by atoms with Crippen LogP contribution in [0.15, 0.2) is 28.6 Å². The molecule has 0 unspecified atom stereocenters. The number of rotatable bonds is 6. The SMILES string of the molecule is COc1cccc(OC)c1CN=C(N)Nc1nc(C(=O)O)cs1. The van der Waals surface area contributed by atoms with Gasteiger partial charge in [-0.3, -0.25) is 0 Å². The van der Waals surface area contributed by atoms with E-state index in [1.165, 1.54) is 5.38 Å². The zero-order valence-electron chi connectivity index (χ0n) is 12.6. The standard InChI is InChI=1S/C14H16N4O4S/c1-21-10-4-3-5-11(22-2)8(10)6-16-13(15)18-14-17-9(7-23-14)12(19)20/h3-5,7H,6H2,1-2H3,(H,19,20)(H3,15,16,17,18). The van der Waals surface area contributed by atoms with Gasteiger partial charge in [-0.1, -0.05) is 6.07 Å². The smallest absolute Gasteiger partial charge is 0.355 e. The second-order valence-corrected chi connectivity index (χ2v) is 5.17. The Morgan fingerprint density at radius 1 is 1.39 bits per heavy atom. The number of hydrogen-bond donors (Lipinski definition) is 3. The molecular formula is C14H16N4O4S. The fraction of sp³-hybridized carbons (Fsp3) is 0.214. The number of aromatic nitrogens is 1. The van der Waals surface area contributed by atoms with E-state index in [1.54, 1.807) is 26.4 Å². The predicted octanol–water partition coefficient (Wildman–Crippen LogP) is 1.79. The van der Waals surface area contributed by atoms with Crippen LogP contribution in [0.2, 0.25) is 0 Å². The topological polar surface area (TPSA) is 119 Å². The Morgan fingerprint density at radius 2 is 2.04 bits per heavy atom. The van der Waals surface area contributed by atoms with Crippen molar-refractivity contribution in [3.8, 4) is 11.5 Å². The minimum atomic E-state index is -1.09. The summed E-state index contributed by atoms with van der Waals surface area (Å²) in [5, 5.41) is 13.4. The van der Waals surface area contributed by atoms with Gasteiger partial charge in [-0.25, -0.2) is 14.8 Å². The summed E-state index contributed by atoms with van der Waals surface area (Å²) in [6.07, 6.45) is 0. The van der Waals surface area contributed by atoms with Gasteiger partial charge in [-0.05, 0) is 12.1 Å².